The van der Waals surface area contributed by atoms with E-state index in [1.165, 1.54) is 6.07 Å². The first-order chi connectivity index (χ1) is 9.45. The number of nitrogens with zero attached hydrogens (tertiary/aromatic N) is 2. The third-order valence-corrected chi connectivity index (χ3v) is 3.20. The van der Waals surface area contributed by atoms with Gasteiger partial charge in [0, 0.05) is 12.6 Å². The highest BCUT2D eigenvalue weighted by molar-refractivity contribution is 6.32. The lowest BCUT2D eigenvalue weighted by Crippen LogP contribution is -2.16. The lowest BCUT2D eigenvalue weighted by molar-refractivity contribution is -0.384. The van der Waals surface area contributed by atoms with E-state index in [1.807, 2.05) is 31.0 Å². The number of benzene rings is 1. The molecule has 0 saturated heterocycles. The van der Waals surface area contributed by atoms with E-state index in [0.717, 1.165) is 17.1 Å². The number of nitro groups is 1. The van der Waals surface area contributed by atoms with E-state index in [4.69, 9.17) is 16.0 Å². The molecule has 2 aromatic rings. The Balaban J connectivity index is 2.06. The van der Waals surface area contributed by atoms with Crippen LogP contribution in [-0.2, 0) is 13.1 Å². The molecule has 6 heteroatoms. The van der Waals surface area contributed by atoms with Crippen LogP contribution >= 0.6 is 11.6 Å². The molecular formula is C14H15ClN2O3. The summed E-state index contributed by atoms with van der Waals surface area (Å²) in [6, 6.07) is 8.69. The highest BCUT2D eigenvalue weighted by Gasteiger charge is 2.13. The minimum Gasteiger partial charge on any atom is -0.465 e. The van der Waals surface area contributed by atoms with Crippen molar-refractivity contribution in [3.05, 3.63) is 62.6 Å². The minimum atomic E-state index is -0.471. The number of hydrogen-bond acceptors (Lipinski definition) is 4. The largest absolute Gasteiger partial charge is 0.465 e. The maximum Gasteiger partial charge on any atom is 0.288 e. The van der Waals surface area contributed by atoms with Crippen LogP contribution in [0.1, 0.15) is 17.1 Å². The molecule has 0 N–H and O–H groups in total. The van der Waals surface area contributed by atoms with E-state index in [2.05, 4.69) is 0 Å². The predicted octanol–water partition coefficient (Wildman–Crippen LogP) is 3.78. The maximum atomic E-state index is 10.8. The van der Waals surface area contributed by atoms with Crippen molar-refractivity contribution >= 4 is 17.3 Å². The minimum absolute atomic E-state index is 0.0635. The molecule has 2 rings (SSSR count). The molecule has 1 aromatic heterocycles. The fraction of sp³-hybridized carbons (Fsp3) is 0.286. The van der Waals surface area contributed by atoms with E-state index in [0.29, 0.717) is 13.1 Å². The molecule has 106 valence electrons. The van der Waals surface area contributed by atoms with E-state index in [-0.39, 0.29) is 10.7 Å². The summed E-state index contributed by atoms with van der Waals surface area (Å²) in [6.07, 6.45) is 0. The van der Waals surface area contributed by atoms with Crippen LogP contribution in [0, 0.1) is 17.0 Å². The first kappa shape index (κ1) is 14.6. The number of aryl methyl sites for hydroxylation is 1. The Morgan fingerprint density at radius 1 is 1.30 bits per heavy atom. The summed E-state index contributed by atoms with van der Waals surface area (Å²) in [4.78, 5) is 12.4. The zero-order valence-corrected chi connectivity index (χ0v) is 12.1. The molecule has 1 aromatic carbocycles. The average Bonchev–Trinajstić information content (AvgIpc) is 2.76. The SMILES string of the molecule is Cc1ccc(CN(C)Cc2ccc(Cl)c([N+](=O)[O-])c2)o1. The van der Waals surface area contributed by atoms with Crippen molar-refractivity contribution in [2.24, 2.45) is 0 Å². The summed E-state index contributed by atoms with van der Waals surface area (Å²) in [5.74, 6) is 1.74. The van der Waals surface area contributed by atoms with E-state index in [9.17, 15) is 10.1 Å². The Kier molecular flexibility index (Phi) is 4.42. The molecule has 0 saturated carbocycles. The van der Waals surface area contributed by atoms with Crippen molar-refractivity contribution in [3.63, 3.8) is 0 Å². The Labute approximate surface area is 121 Å². The van der Waals surface area contributed by atoms with Gasteiger partial charge in [-0.3, -0.25) is 15.0 Å². The summed E-state index contributed by atoms with van der Waals surface area (Å²) < 4.78 is 5.50. The number of furan rings is 1. The van der Waals surface area contributed by atoms with Gasteiger partial charge in [0.15, 0.2) is 0 Å². The van der Waals surface area contributed by atoms with E-state index >= 15 is 0 Å². The lowest BCUT2D eigenvalue weighted by atomic mass is 10.2. The van der Waals surface area contributed by atoms with Crippen molar-refractivity contribution in [1.82, 2.24) is 4.90 Å². The highest BCUT2D eigenvalue weighted by atomic mass is 35.5. The van der Waals surface area contributed by atoms with Crippen molar-refractivity contribution in [3.8, 4) is 0 Å². The Bertz CT molecular complexity index is 625. The number of hydrogen-bond donors (Lipinski definition) is 0. The van der Waals surface area contributed by atoms with Gasteiger partial charge in [-0.1, -0.05) is 17.7 Å². The van der Waals surface area contributed by atoms with Crippen LogP contribution in [0.4, 0.5) is 5.69 Å². The fourth-order valence-electron chi connectivity index (χ4n) is 2.00. The molecular weight excluding hydrogens is 280 g/mol. The monoisotopic (exact) mass is 294 g/mol. The van der Waals surface area contributed by atoms with Crippen molar-refractivity contribution in [2.75, 3.05) is 7.05 Å². The van der Waals surface area contributed by atoms with Crippen LogP contribution in [0.5, 0.6) is 0 Å². The third kappa shape index (κ3) is 3.59. The van der Waals surface area contributed by atoms with Gasteiger partial charge in [0.25, 0.3) is 5.69 Å². The number of halogens is 1. The summed E-state index contributed by atoms with van der Waals surface area (Å²) in [6.45, 7) is 3.12. The normalized spacial score (nSPS) is 11.0. The van der Waals surface area contributed by atoms with Gasteiger partial charge in [0.05, 0.1) is 11.5 Å². The molecule has 0 aliphatic heterocycles. The van der Waals surface area contributed by atoms with Gasteiger partial charge in [0.2, 0.25) is 0 Å². The molecule has 0 unspecified atom stereocenters. The fourth-order valence-corrected chi connectivity index (χ4v) is 2.19. The molecule has 0 aliphatic rings. The van der Waals surface area contributed by atoms with Gasteiger partial charge in [-0.15, -0.1) is 0 Å². The molecule has 20 heavy (non-hydrogen) atoms. The summed E-state index contributed by atoms with van der Waals surface area (Å²) in [5, 5.41) is 11.0. The smallest absolute Gasteiger partial charge is 0.288 e. The standard InChI is InChI=1S/C14H15ClN2O3/c1-10-3-5-12(20-10)9-16(2)8-11-4-6-13(15)14(7-11)17(18)19/h3-7H,8-9H2,1-2H3. The first-order valence-electron chi connectivity index (χ1n) is 6.12. The molecule has 0 spiro atoms. The van der Waals surface area contributed by atoms with Crippen LogP contribution in [0.3, 0.4) is 0 Å². The van der Waals surface area contributed by atoms with E-state index in [1.54, 1.807) is 12.1 Å². The average molecular weight is 295 g/mol. The van der Waals surface area contributed by atoms with Gasteiger partial charge in [0.1, 0.15) is 16.5 Å². The van der Waals surface area contributed by atoms with Crippen LogP contribution in [0.15, 0.2) is 34.7 Å². The molecule has 0 radical (unpaired) electrons. The zero-order valence-electron chi connectivity index (χ0n) is 11.3. The second-order valence-electron chi connectivity index (χ2n) is 4.73. The van der Waals surface area contributed by atoms with Gasteiger partial charge in [-0.05, 0) is 37.7 Å². The quantitative estimate of drug-likeness (QED) is 0.622. The van der Waals surface area contributed by atoms with Gasteiger partial charge in [-0.2, -0.15) is 0 Å². The Morgan fingerprint density at radius 2 is 2.05 bits per heavy atom. The third-order valence-electron chi connectivity index (χ3n) is 2.88. The second kappa shape index (κ2) is 6.07. The summed E-state index contributed by atoms with van der Waals surface area (Å²) in [7, 11) is 1.93. The molecule has 0 bridgehead atoms. The molecule has 1 heterocycles. The van der Waals surface area contributed by atoms with E-state index < -0.39 is 4.92 Å². The topological polar surface area (TPSA) is 59.5 Å². The number of nitro benzene ring substituents is 1. The molecule has 0 fully saturated rings. The van der Waals surface area contributed by atoms with Crippen LogP contribution in [-0.4, -0.2) is 16.9 Å². The maximum absolute atomic E-state index is 10.8. The van der Waals surface area contributed by atoms with Crippen LogP contribution in [0.25, 0.3) is 0 Å². The number of rotatable bonds is 5. The molecule has 5 nitrogen and oxygen atoms in total. The predicted molar refractivity (Wildman–Crippen MR) is 76.7 cm³/mol. The summed E-state index contributed by atoms with van der Waals surface area (Å²) in [5.41, 5.74) is 0.776. The highest BCUT2D eigenvalue weighted by Crippen LogP contribution is 2.25. The van der Waals surface area contributed by atoms with Gasteiger partial charge in [-0.25, -0.2) is 0 Å². The Morgan fingerprint density at radius 3 is 2.65 bits per heavy atom. The first-order valence-corrected chi connectivity index (χ1v) is 6.50. The van der Waals surface area contributed by atoms with Crippen LogP contribution in [0.2, 0.25) is 5.02 Å². The molecule has 0 atom stereocenters. The Hall–Kier alpha value is -1.85. The van der Waals surface area contributed by atoms with Crippen molar-refractivity contribution < 1.29 is 9.34 Å². The lowest BCUT2D eigenvalue weighted by Gasteiger charge is -2.15. The van der Waals surface area contributed by atoms with Crippen molar-refractivity contribution in [1.29, 1.82) is 0 Å². The zero-order chi connectivity index (χ0) is 14.7. The van der Waals surface area contributed by atoms with Crippen LogP contribution < -0.4 is 0 Å². The molecule has 0 aliphatic carbocycles. The second-order valence-corrected chi connectivity index (χ2v) is 5.13. The van der Waals surface area contributed by atoms with Gasteiger partial charge >= 0.3 is 0 Å². The van der Waals surface area contributed by atoms with Gasteiger partial charge < -0.3 is 4.42 Å². The summed E-state index contributed by atoms with van der Waals surface area (Å²) >= 11 is 5.79. The van der Waals surface area contributed by atoms with Crippen molar-refractivity contribution in [2.45, 2.75) is 20.0 Å². The molecule has 0 amide bonds.